The molecule has 1 saturated carbocycles. The number of H-pyrrole nitrogens is 1. The van der Waals surface area contributed by atoms with Gasteiger partial charge in [0.2, 0.25) is 0 Å². The standard InChI is InChI=1S/C20H25N5O2/c1-3-25-19-16(17(24-25)12-7-5-4-6-8-12)20(26)23-18(22-19)14-10-9-13(21)11-15(14)27-2/h9-12H,3-8,21H2,1-2H3,(H,22,23,26). The van der Waals surface area contributed by atoms with Crippen molar-refractivity contribution in [2.75, 3.05) is 12.8 Å². The molecule has 3 aromatic rings. The molecule has 0 saturated heterocycles. The molecule has 0 amide bonds. The number of hydrogen-bond donors (Lipinski definition) is 2. The topological polar surface area (TPSA) is 98.8 Å². The summed E-state index contributed by atoms with van der Waals surface area (Å²) in [7, 11) is 1.58. The van der Waals surface area contributed by atoms with Crippen molar-refractivity contribution in [1.82, 2.24) is 19.7 Å². The fourth-order valence-electron chi connectivity index (χ4n) is 4.02. The summed E-state index contributed by atoms with van der Waals surface area (Å²) in [5, 5.41) is 5.39. The van der Waals surface area contributed by atoms with E-state index in [0.717, 1.165) is 18.5 Å². The summed E-state index contributed by atoms with van der Waals surface area (Å²) in [4.78, 5) is 20.7. The smallest absolute Gasteiger partial charge is 0.262 e. The molecule has 2 aromatic heterocycles. The van der Waals surface area contributed by atoms with Crippen LogP contribution < -0.4 is 16.0 Å². The number of hydrogen-bond acceptors (Lipinski definition) is 5. The van der Waals surface area contributed by atoms with Gasteiger partial charge in [0.25, 0.3) is 5.56 Å². The molecule has 0 radical (unpaired) electrons. The van der Waals surface area contributed by atoms with Crippen LogP contribution in [0, 0.1) is 0 Å². The van der Waals surface area contributed by atoms with Crippen LogP contribution in [-0.2, 0) is 6.54 Å². The molecule has 0 bridgehead atoms. The molecule has 0 atom stereocenters. The lowest BCUT2D eigenvalue weighted by molar-refractivity contribution is 0.416. The molecule has 1 aromatic carbocycles. The maximum absolute atomic E-state index is 13.0. The number of nitrogens with one attached hydrogen (secondary N) is 1. The van der Waals surface area contributed by atoms with Crippen molar-refractivity contribution in [2.45, 2.75) is 51.5 Å². The zero-order valence-corrected chi connectivity index (χ0v) is 15.8. The van der Waals surface area contributed by atoms with E-state index in [-0.39, 0.29) is 5.56 Å². The highest BCUT2D eigenvalue weighted by Gasteiger charge is 2.25. The second-order valence-electron chi connectivity index (χ2n) is 7.11. The maximum Gasteiger partial charge on any atom is 0.262 e. The van der Waals surface area contributed by atoms with Gasteiger partial charge >= 0.3 is 0 Å². The van der Waals surface area contributed by atoms with E-state index in [1.165, 1.54) is 19.3 Å². The van der Waals surface area contributed by atoms with E-state index < -0.39 is 0 Å². The van der Waals surface area contributed by atoms with Crippen molar-refractivity contribution in [3.8, 4) is 17.1 Å². The van der Waals surface area contributed by atoms with Crippen molar-refractivity contribution in [3.05, 3.63) is 34.2 Å². The third-order valence-electron chi connectivity index (χ3n) is 5.40. The number of nitrogen functional groups attached to an aromatic ring is 1. The van der Waals surface area contributed by atoms with Gasteiger partial charge < -0.3 is 15.5 Å². The predicted octanol–water partition coefficient (Wildman–Crippen LogP) is 3.45. The first-order valence-electron chi connectivity index (χ1n) is 9.57. The second kappa shape index (κ2) is 7.06. The van der Waals surface area contributed by atoms with Gasteiger partial charge in [-0.3, -0.25) is 4.79 Å². The number of fused-ring (bicyclic) bond motifs is 1. The van der Waals surface area contributed by atoms with Gasteiger partial charge in [-0.2, -0.15) is 5.10 Å². The van der Waals surface area contributed by atoms with Crippen LogP contribution in [0.5, 0.6) is 5.75 Å². The molecule has 27 heavy (non-hydrogen) atoms. The van der Waals surface area contributed by atoms with Crippen LogP contribution in [0.1, 0.15) is 50.6 Å². The average Bonchev–Trinajstić information content (AvgIpc) is 3.07. The molecule has 0 spiro atoms. The summed E-state index contributed by atoms with van der Waals surface area (Å²) in [5.41, 5.74) is 8.53. The lowest BCUT2D eigenvalue weighted by Gasteiger charge is -2.19. The minimum Gasteiger partial charge on any atom is -0.496 e. The van der Waals surface area contributed by atoms with E-state index in [2.05, 4.69) is 4.98 Å². The Labute approximate surface area is 157 Å². The zero-order valence-electron chi connectivity index (χ0n) is 15.8. The Kier molecular flexibility index (Phi) is 4.59. The number of benzene rings is 1. The lowest BCUT2D eigenvalue weighted by atomic mass is 9.86. The molecule has 0 aliphatic heterocycles. The van der Waals surface area contributed by atoms with Crippen LogP contribution in [0.3, 0.4) is 0 Å². The summed E-state index contributed by atoms with van der Waals surface area (Å²) in [5.74, 6) is 1.38. The number of rotatable bonds is 4. The van der Waals surface area contributed by atoms with E-state index in [0.29, 0.717) is 46.3 Å². The third-order valence-corrected chi connectivity index (χ3v) is 5.40. The van der Waals surface area contributed by atoms with E-state index in [9.17, 15) is 4.79 Å². The Morgan fingerprint density at radius 2 is 2.07 bits per heavy atom. The van der Waals surface area contributed by atoms with Crippen LogP contribution in [0.2, 0.25) is 0 Å². The maximum atomic E-state index is 13.0. The lowest BCUT2D eigenvalue weighted by Crippen LogP contribution is -2.13. The quantitative estimate of drug-likeness (QED) is 0.688. The Balaban J connectivity index is 1.90. The molecule has 0 unspecified atom stereocenters. The molecule has 2 heterocycles. The fourth-order valence-corrected chi connectivity index (χ4v) is 4.02. The highest BCUT2D eigenvalue weighted by Crippen LogP contribution is 2.35. The molecule has 1 fully saturated rings. The number of aromatic nitrogens is 4. The molecule has 142 valence electrons. The van der Waals surface area contributed by atoms with Gasteiger partial charge in [-0.15, -0.1) is 0 Å². The predicted molar refractivity (Wildman–Crippen MR) is 106 cm³/mol. The number of aromatic amines is 1. The van der Waals surface area contributed by atoms with Crippen molar-refractivity contribution < 1.29 is 4.74 Å². The van der Waals surface area contributed by atoms with Crippen LogP contribution in [-0.4, -0.2) is 26.9 Å². The monoisotopic (exact) mass is 367 g/mol. The summed E-state index contributed by atoms with van der Waals surface area (Å²) < 4.78 is 7.26. The van der Waals surface area contributed by atoms with Crippen LogP contribution >= 0.6 is 0 Å². The molecule has 1 aliphatic carbocycles. The van der Waals surface area contributed by atoms with Gasteiger partial charge in [-0.05, 0) is 31.9 Å². The van der Waals surface area contributed by atoms with Gasteiger partial charge in [0.05, 0.1) is 18.4 Å². The SMILES string of the molecule is CCn1nc(C2CCCCC2)c2c(=O)[nH]c(-c3ccc(N)cc3OC)nc21. The molecule has 4 rings (SSSR count). The fraction of sp³-hybridized carbons (Fsp3) is 0.450. The van der Waals surface area contributed by atoms with Crippen LogP contribution in [0.15, 0.2) is 23.0 Å². The highest BCUT2D eigenvalue weighted by atomic mass is 16.5. The van der Waals surface area contributed by atoms with Gasteiger partial charge in [-0.25, -0.2) is 9.67 Å². The van der Waals surface area contributed by atoms with Crippen molar-refractivity contribution in [1.29, 1.82) is 0 Å². The first-order valence-corrected chi connectivity index (χ1v) is 9.57. The zero-order chi connectivity index (χ0) is 19.0. The average molecular weight is 367 g/mol. The van der Waals surface area contributed by atoms with Crippen LogP contribution in [0.4, 0.5) is 5.69 Å². The number of aryl methyl sites for hydroxylation is 1. The van der Waals surface area contributed by atoms with E-state index >= 15 is 0 Å². The number of nitrogens with zero attached hydrogens (tertiary/aromatic N) is 3. The minimum absolute atomic E-state index is 0.144. The summed E-state index contributed by atoms with van der Waals surface area (Å²) >= 11 is 0. The number of ether oxygens (including phenoxy) is 1. The second-order valence-corrected chi connectivity index (χ2v) is 7.11. The van der Waals surface area contributed by atoms with Crippen molar-refractivity contribution in [2.24, 2.45) is 0 Å². The Bertz CT molecular complexity index is 1030. The minimum atomic E-state index is -0.144. The summed E-state index contributed by atoms with van der Waals surface area (Å²) in [6.07, 6.45) is 5.82. The normalized spacial score (nSPS) is 15.3. The van der Waals surface area contributed by atoms with Gasteiger partial charge in [0, 0.05) is 24.2 Å². The summed E-state index contributed by atoms with van der Waals surface area (Å²) in [6.45, 7) is 2.68. The molecule has 7 heteroatoms. The number of methoxy groups -OCH3 is 1. The molecular weight excluding hydrogens is 342 g/mol. The molecule has 1 aliphatic rings. The molecular formula is C20H25N5O2. The number of anilines is 1. The molecule has 3 N–H and O–H groups in total. The van der Waals surface area contributed by atoms with Gasteiger partial charge in [-0.1, -0.05) is 19.3 Å². The first-order chi connectivity index (χ1) is 13.1. The Hall–Kier alpha value is -2.83. The van der Waals surface area contributed by atoms with Gasteiger partial charge in [0.1, 0.15) is 17.0 Å². The Morgan fingerprint density at radius 1 is 1.30 bits per heavy atom. The Morgan fingerprint density at radius 3 is 2.78 bits per heavy atom. The van der Waals surface area contributed by atoms with Crippen LogP contribution in [0.25, 0.3) is 22.4 Å². The largest absolute Gasteiger partial charge is 0.496 e. The van der Waals surface area contributed by atoms with E-state index in [1.807, 2.05) is 17.7 Å². The highest BCUT2D eigenvalue weighted by molar-refractivity contribution is 5.81. The first kappa shape index (κ1) is 17.6. The summed E-state index contributed by atoms with van der Waals surface area (Å²) in [6, 6.07) is 5.31. The van der Waals surface area contributed by atoms with E-state index in [1.54, 1.807) is 19.2 Å². The molecule has 7 nitrogen and oxygen atoms in total. The van der Waals surface area contributed by atoms with E-state index in [4.69, 9.17) is 20.6 Å². The third kappa shape index (κ3) is 3.07. The van der Waals surface area contributed by atoms with Gasteiger partial charge in [0.15, 0.2) is 5.65 Å². The number of nitrogens with two attached hydrogens (primary N) is 1. The van der Waals surface area contributed by atoms with Crippen molar-refractivity contribution >= 4 is 16.7 Å². The van der Waals surface area contributed by atoms with Crippen molar-refractivity contribution in [3.63, 3.8) is 0 Å².